The Morgan fingerprint density at radius 3 is 2.63 bits per heavy atom. The Hall–Kier alpha value is -2.68. The molecule has 1 aromatic rings. The molecule has 9 heteroatoms. The maximum Gasteiger partial charge on any atom is 0.308 e. The molecule has 164 valence electrons. The van der Waals surface area contributed by atoms with Gasteiger partial charge in [-0.05, 0) is 44.1 Å². The van der Waals surface area contributed by atoms with Crippen LogP contribution in [0.1, 0.15) is 44.5 Å². The Kier molecular flexibility index (Phi) is 8.58. The SMILES string of the molecule is CC(C)COc1ccccc1C(=O)NC(=S)N1CCNC(=O)C1CC(=O)OC(C)C. The van der Waals surface area contributed by atoms with Crippen LogP contribution in [0.15, 0.2) is 24.3 Å². The van der Waals surface area contributed by atoms with E-state index in [1.165, 1.54) is 0 Å². The molecule has 8 nitrogen and oxygen atoms in total. The fraction of sp³-hybridized carbons (Fsp3) is 0.524. The highest BCUT2D eigenvalue weighted by Crippen LogP contribution is 2.19. The Morgan fingerprint density at radius 2 is 1.97 bits per heavy atom. The quantitative estimate of drug-likeness (QED) is 0.499. The number of hydrogen-bond acceptors (Lipinski definition) is 6. The van der Waals surface area contributed by atoms with Crippen LogP contribution in [0.3, 0.4) is 0 Å². The third kappa shape index (κ3) is 6.69. The van der Waals surface area contributed by atoms with Gasteiger partial charge < -0.3 is 19.7 Å². The van der Waals surface area contributed by atoms with Crippen molar-refractivity contribution in [2.24, 2.45) is 5.92 Å². The fourth-order valence-corrected chi connectivity index (χ4v) is 3.21. The summed E-state index contributed by atoms with van der Waals surface area (Å²) in [5.41, 5.74) is 0.345. The second-order valence-electron chi connectivity index (χ2n) is 7.70. The van der Waals surface area contributed by atoms with Gasteiger partial charge in [0.2, 0.25) is 5.91 Å². The first-order valence-corrected chi connectivity index (χ1v) is 10.4. The molecule has 1 aliphatic heterocycles. The number of thiocarbonyl (C=S) groups is 1. The van der Waals surface area contributed by atoms with Gasteiger partial charge in [0.05, 0.1) is 24.7 Å². The van der Waals surface area contributed by atoms with Crippen molar-refractivity contribution in [3.05, 3.63) is 29.8 Å². The average Bonchev–Trinajstić information content (AvgIpc) is 2.67. The van der Waals surface area contributed by atoms with Crippen LogP contribution in [0.4, 0.5) is 0 Å². The number of benzene rings is 1. The van der Waals surface area contributed by atoms with Gasteiger partial charge in [-0.3, -0.25) is 19.7 Å². The van der Waals surface area contributed by atoms with Crippen molar-refractivity contribution in [2.75, 3.05) is 19.7 Å². The summed E-state index contributed by atoms with van der Waals surface area (Å²) in [6.45, 7) is 8.71. The molecular weight excluding hydrogens is 406 g/mol. The first kappa shape index (κ1) is 23.6. The Labute approximate surface area is 182 Å². The number of carbonyl (C=O) groups is 3. The van der Waals surface area contributed by atoms with Crippen molar-refractivity contribution in [1.29, 1.82) is 0 Å². The number of amides is 2. The van der Waals surface area contributed by atoms with E-state index >= 15 is 0 Å². The van der Waals surface area contributed by atoms with Crippen molar-refractivity contribution in [1.82, 2.24) is 15.5 Å². The lowest BCUT2D eigenvalue weighted by Gasteiger charge is -2.36. The second-order valence-corrected chi connectivity index (χ2v) is 8.09. The first-order valence-electron chi connectivity index (χ1n) is 10.00. The molecule has 2 rings (SSSR count). The highest BCUT2D eigenvalue weighted by Gasteiger charge is 2.34. The number of nitrogens with one attached hydrogen (secondary N) is 2. The van der Waals surface area contributed by atoms with E-state index in [9.17, 15) is 14.4 Å². The van der Waals surface area contributed by atoms with Crippen LogP contribution in [0.25, 0.3) is 0 Å². The zero-order valence-electron chi connectivity index (χ0n) is 17.8. The van der Waals surface area contributed by atoms with Crippen LogP contribution in [0, 0.1) is 5.92 Å². The van der Waals surface area contributed by atoms with Crippen LogP contribution in [-0.4, -0.2) is 59.6 Å². The predicted molar refractivity (Wildman–Crippen MR) is 116 cm³/mol. The summed E-state index contributed by atoms with van der Waals surface area (Å²) in [6, 6.07) is 6.05. The van der Waals surface area contributed by atoms with Crippen molar-refractivity contribution >= 4 is 35.1 Å². The van der Waals surface area contributed by atoms with Gasteiger partial charge in [-0.25, -0.2) is 0 Å². The standard InChI is InChI=1S/C21H29N3O5S/c1-13(2)12-28-17-8-6-5-7-15(17)19(26)23-21(30)24-10-9-22-20(27)16(24)11-18(25)29-14(3)4/h5-8,13-14,16H,9-12H2,1-4H3,(H,22,27)(H,23,26,30). The molecule has 0 aliphatic carbocycles. The summed E-state index contributed by atoms with van der Waals surface area (Å²) < 4.78 is 10.9. The van der Waals surface area contributed by atoms with Gasteiger partial charge in [0, 0.05) is 13.1 Å². The molecule has 1 heterocycles. The number of esters is 1. The van der Waals surface area contributed by atoms with Crippen molar-refractivity contribution < 1.29 is 23.9 Å². The average molecular weight is 436 g/mol. The Balaban J connectivity index is 2.10. The second kappa shape index (κ2) is 10.9. The number of carbonyl (C=O) groups excluding carboxylic acids is 3. The van der Waals surface area contributed by atoms with E-state index in [1.54, 1.807) is 43.0 Å². The zero-order valence-corrected chi connectivity index (χ0v) is 18.6. The minimum atomic E-state index is -0.842. The van der Waals surface area contributed by atoms with E-state index in [2.05, 4.69) is 10.6 Å². The minimum absolute atomic E-state index is 0.0795. The van der Waals surface area contributed by atoms with E-state index in [1.807, 2.05) is 13.8 Å². The molecule has 1 fully saturated rings. The van der Waals surface area contributed by atoms with Gasteiger partial charge in [-0.1, -0.05) is 26.0 Å². The van der Waals surface area contributed by atoms with E-state index in [4.69, 9.17) is 21.7 Å². The van der Waals surface area contributed by atoms with Gasteiger partial charge in [0.1, 0.15) is 11.8 Å². The molecule has 1 atom stereocenters. The van der Waals surface area contributed by atoms with Gasteiger partial charge >= 0.3 is 5.97 Å². The van der Waals surface area contributed by atoms with Crippen LogP contribution < -0.4 is 15.4 Å². The molecule has 0 spiro atoms. The molecule has 0 aromatic heterocycles. The largest absolute Gasteiger partial charge is 0.492 e. The normalized spacial score (nSPS) is 16.3. The highest BCUT2D eigenvalue weighted by molar-refractivity contribution is 7.80. The summed E-state index contributed by atoms with van der Waals surface area (Å²) in [5.74, 6) is -0.507. The van der Waals surface area contributed by atoms with Crippen LogP contribution >= 0.6 is 12.2 Å². The predicted octanol–water partition coefficient (Wildman–Crippen LogP) is 1.88. The molecule has 2 N–H and O–H groups in total. The molecule has 1 aliphatic rings. The van der Waals surface area contributed by atoms with E-state index < -0.39 is 17.9 Å². The topological polar surface area (TPSA) is 97.0 Å². The number of rotatable bonds is 7. The smallest absolute Gasteiger partial charge is 0.308 e. The summed E-state index contributed by atoms with van der Waals surface area (Å²) in [7, 11) is 0. The lowest BCUT2D eigenvalue weighted by Crippen LogP contribution is -2.60. The summed E-state index contributed by atoms with van der Waals surface area (Å²) in [6.07, 6.45) is -0.444. The minimum Gasteiger partial charge on any atom is -0.492 e. The molecule has 0 bridgehead atoms. The van der Waals surface area contributed by atoms with E-state index in [0.717, 1.165) is 0 Å². The summed E-state index contributed by atoms with van der Waals surface area (Å²) in [4.78, 5) is 38.8. The zero-order chi connectivity index (χ0) is 22.3. The van der Waals surface area contributed by atoms with Gasteiger partial charge in [0.15, 0.2) is 5.11 Å². The fourth-order valence-electron chi connectivity index (χ4n) is 2.90. The molecule has 1 aromatic carbocycles. The molecule has 1 unspecified atom stereocenters. The molecule has 0 radical (unpaired) electrons. The monoisotopic (exact) mass is 435 g/mol. The lowest BCUT2D eigenvalue weighted by molar-refractivity contribution is -0.150. The van der Waals surface area contributed by atoms with E-state index in [-0.39, 0.29) is 23.5 Å². The Bertz CT molecular complexity index is 797. The third-order valence-electron chi connectivity index (χ3n) is 4.24. The third-order valence-corrected chi connectivity index (χ3v) is 4.58. The number of para-hydroxylation sites is 1. The van der Waals surface area contributed by atoms with Crippen molar-refractivity contribution in [3.63, 3.8) is 0 Å². The summed E-state index contributed by atoms with van der Waals surface area (Å²) in [5, 5.41) is 5.46. The van der Waals surface area contributed by atoms with Crippen LogP contribution in [-0.2, 0) is 14.3 Å². The molecular formula is C21H29N3O5S. The van der Waals surface area contributed by atoms with Gasteiger partial charge in [-0.2, -0.15) is 0 Å². The maximum absolute atomic E-state index is 12.8. The van der Waals surface area contributed by atoms with Crippen LogP contribution in [0.2, 0.25) is 0 Å². The van der Waals surface area contributed by atoms with Crippen molar-refractivity contribution in [2.45, 2.75) is 46.3 Å². The van der Waals surface area contributed by atoms with Gasteiger partial charge in [0.25, 0.3) is 5.91 Å². The van der Waals surface area contributed by atoms with Gasteiger partial charge in [-0.15, -0.1) is 0 Å². The highest BCUT2D eigenvalue weighted by atomic mass is 32.1. The number of ether oxygens (including phenoxy) is 2. The molecule has 2 amide bonds. The number of nitrogens with zero attached hydrogens (tertiary/aromatic N) is 1. The molecule has 0 saturated carbocycles. The summed E-state index contributed by atoms with van der Waals surface area (Å²) >= 11 is 5.39. The molecule has 1 saturated heterocycles. The number of hydrogen-bond donors (Lipinski definition) is 2. The first-order chi connectivity index (χ1) is 14.2. The van der Waals surface area contributed by atoms with Crippen molar-refractivity contribution in [3.8, 4) is 5.75 Å². The van der Waals surface area contributed by atoms with E-state index in [0.29, 0.717) is 36.9 Å². The lowest BCUT2D eigenvalue weighted by atomic mass is 10.1. The van der Waals surface area contributed by atoms with Crippen LogP contribution in [0.5, 0.6) is 5.75 Å². The molecule has 30 heavy (non-hydrogen) atoms. The Morgan fingerprint density at radius 1 is 1.27 bits per heavy atom. The number of piperazine rings is 1. The maximum atomic E-state index is 12.8.